The molecule has 160 valence electrons. The van der Waals surface area contributed by atoms with E-state index in [1.807, 2.05) is 29.9 Å². The lowest BCUT2D eigenvalue weighted by Crippen LogP contribution is -1.94. The van der Waals surface area contributed by atoms with E-state index in [0.717, 1.165) is 37.7 Å². The maximum Gasteiger partial charge on any atom is 0.373 e. The second-order valence-electron chi connectivity index (χ2n) is 6.52. The predicted octanol–water partition coefficient (Wildman–Crippen LogP) is 5.92. The number of rotatable bonds is 5. The lowest BCUT2D eigenvalue weighted by atomic mass is 10.2. The van der Waals surface area contributed by atoms with Gasteiger partial charge in [0.05, 0.1) is 31.2 Å². The first-order valence-corrected chi connectivity index (χ1v) is 11.5. The summed E-state index contributed by atoms with van der Waals surface area (Å²) in [6.07, 6.45) is 5.74. The monoisotopic (exact) mass is 493 g/mol. The number of aromatic amines is 1. The molecular formula is C20H17Cl2N5O2S2. The van der Waals surface area contributed by atoms with E-state index in [2.05, 4.69) is 28.9 Å². The number of thioether (sulfide) groups is 1. The molecule has 0 bridgehead atoms. The van der Waals surface area contributed by atoms with Crippen LogP contribution in [0.2, 0.25) is 10.0 Å². The van der Waals surface area contributed by atoms with Crippen LogP contribution in [-0.2, 0) is 9.59 Å². The van der Waals surface area contributed by atoms with Crippen molar-refractivity contribution in [3.05, 3.63) is 52.5 Å². The zero-order valence-electron chi connectivity index (χ0n) is 16.7. The van der Waals surface area contributed by atoms with Crippen molar-refractivity contribution in [2.45, 2.75) is 30.2 Å². The highest BCUT2D eigenvalue weighted by atomic mass is 35.5. The molecule has 3 heterocycles. The minimum Gasteiger partial charge on any atom is -0.345 e. The van der Waals surface area contributed by atoms with Gasteiger partial charge in [0.25, 0.3) is 0 Å². The Labute approximate surface area is 196 Å². The van der Waals surface area contributed by atoms with Crippen LogP contribution >= 0.6 is 46.3 Å². The number of hydrogen-bond acceptors (Lipinski definition) is 7. The topological polar surface area (TPSA) is 93.5 Å². The van der Waals surface area contributed by atoms with E-state index in [1.165, 1.54) is 0 Å². The van der Waals surface area contributed by atoms with Crippen LogP contribution in [0.1, 0.15) is 19.5 Å². The van der Waals surface area contributed by atoms with E-state index in [4.69, 9.17) is 37.8 Å². The summed E-state index contributed by atoms with van der Waals surface area (Å²) < 4.78 is 2.93. The fourth-order valence-electron chi connectivity index (χ4n) is 2.72. The number of benzene rings is 1. The summed E-state index contributed by atoms with van der Waals surface area (Å²) in [5.41, 5.74) is 3.67. The molecule has 0 radical (unpaired) electrons. The van der Waals surface area contributed by atoms with Gasteiger partial charge < -0.3 is 4.98 Å². The lowest BCUT2D eigenvalue weighted by molar-refractivity contribution is -0.191. The van der Waals surface area contributed by atoms with Crippen molar-refractivity contribution < 1.29 is 9.59 Å². The molecule has 0 aliphatic rings. The summed E-state index contributed by atoms with van der Waals surface area (Å²) in [5, 5.41) is 6.91. The van der Waals surface area contributed by atoms with Gasteiger partial charge in [-0.1, -0.05) is 54.5 Å². The summed E-state index contributed by atoms with van der Waals surface area (Å²) in [5.74, 6) is 0.793. The molecule has 1 N–H and O–H groups in total. The Kier molecular flexibility index (Phi) is 7.69. The van der Waals surface area contributed by atoms with Gasteiger partial charge in [-0.2, -0.15) is 14.7 Å². The molecular weight excluding hydrogens is 477 g/mol. The first kappa shape index (κ1) is 23.2. The maximum atomic E-state index is 8.12. The molecule has 4 rings (SSSR count). The number of halogens is 2. The third kappa shape index (κ3) is 5.44. The van der Waals surface area contributed by atoms with E-state index in [9.17, 15) is 0 Å². The van der Waals surface area contributed by atoms with Crippen molar-refractivity contribution in [2.75, 3.05) is 0 Å². The van der Waals surface area contributed by atoms with Crippen LogP contribution < -0.4 is 0 Å². The number of aryl methyl sites for hydroxylation is 1. The van der Waals surface area contributed by atoms with Gasteiger partial charge in [-0.15, -0.1) is 11.8 Å². The van der Waals surface area contributed by atoms with Crippen molar-refractivity contribution >= 4 is 52.5 Å². The predicted molar refractivity (Wildman–Crippen MR) is 123 cm³/mol. The third-order valence-corrected chi connectivity index (χ3v) is 6.96. The minimum atomic E-state index is 0.250. The number of nitrogens with zero attached hydrogens (tertiary/aromatic N) is 4. The van der Waals surface area contributed by atoms with Gasteiger partial charge in [-0.25, -0.2) is 14.6 Å². The zero-order valence-corrected chi connectivity index (χ0v) is 19.9. The van der Waals surface area contributed by atoms with E-state index in [0.29, 0.717) is 15.3 Å². The number of thiazole rings is 1. The molecule has 0 spiro atoms. The van der Waals surface area contributed by atoms with Gasteiger partial charge in [-0.05, 0) is 19.1 Å². The van der Waals surface area contributed by atoms with Gasteiger partial charge >= 0.3 is 6.15 Å². The highest BCUT2D eigenvalue weighted by molar-refractivity contribution is 8.01. The van der Waals surface area contributed by atoms with Crippen LogP contribution in [0, 0.1) is 6.92 Å². The molecule has 4 aromatic rings. The molecule has 0 fully saturated rings. The maximum absolute atomic E-state index is 8.12. The SMILES string of the molecule is Cc1nn(-c2nc(-c3ccc(Cl)c(Cl)c3)c(SC(C)C)s2)cc1-c1ncc[nH]1.O=C=O. The normalized spacial score (nSPS) is 10.6. The minimum absolute atomic E-state index is 0.250. The van der Waals surface area contributed by atoms with E-state index < -0.39 is 0 Å². The van der Waals surface area contributed by atoms with Crippen LogP contribution in [0.25, 0.3) is 27.8 Å². The summed E-state index contributed by atoms with van der Waals surface area (Å²) in [6.45, 7) is 6.29. The quantitative estimate of drug-likeness (QED) is 0.346. The summed E-state index contributed by atoms with van der Waals surface area (Å²) in [6, 6.07) is 5.60. The first-order valence-electron chi connectivity index (χ1n) is 9.02. The van der Waals surface area contributed by atoms with Crippen molar-refractivity contribution in [3.63, 3.8) is 0 Å². The van der Waals surface area contributed by atoms with E-state index in [1.54, 1.807) is 41.6 Å². The van der Waals surface area contributed by atoms with Gasteiger partial charge in [0.2, 0.25) is 5.13 Å². The van der Waals surface area contributed by atoms with Gasteiger partial charge in [-0.3, -0.25) is 0 Å². The molecule has 11 heteroatoms. The number of hydrogen-bond donors (Lipinski definition) is 1. The Hall–Kier alpha value is -2.42. The Morgan fingerprint density at radius 3 is 2.58 bits per heavy atom. The molecule has 31 heavy (non-hydrogen) atoms. The molecule has 0 unspecified atom stereocenters. The third-order valence-electron chi connectivity index (χ3n) is 3.97. The molecule has 0 amide bonds. The van der Waals surface area contributed by atoms with Crippen LogP contribution in [0.15, 0.2) is 41.0 Å². The lowest BCUT2D eigenvalue weighted by Gasteiger charge is -2.05. The molecule has 0 aliphatic carbocycles. The summed E-state index contributed by atoms with van der Waals surface area (Å²) in [4.78, 5) is 28.6. The van der Waals surface area contributed by atoms with Crippen molar-refractivity contribution in [2.24, 2.45) is 0 Å². The second-order valence-corrected chi connectivity index (χ2v) is 10.2. The van der Waals surface area contributed by atoms with E-state index >= 15 is 0 Å². The summed E-state index contributed by atoms with van der Waals surface area (Å²) in [7, 11) is 0. The van der Waals surface area contributed by atoms with Gasteiger partial charge in [0, 0.05) is 29.4 Å². The fourth-order valence-corrected chi connectivity index (χ4v) is 5.46. The summed E-state index contributed by atoms with van der Waals surface area (Å²) >= 11 is 15.7. The smallest absolute Gasteiger partial charge is 0.345 e. The molecule has 0 atom stereocenters. The Morgan fingerprint density at radius 1 is 1.23 bits per heavy atom. The number of H-pyrrole nitrogens is 1. The Bertz CT molecular complexity index is 1210. The number of carbonyl (C=O) groups excluding carboxylic acids is 2. The Balaban J connectivity index is 0.000000858. The van der Waals surface area contributed by atoms with Crippen LogP contribution in [0.4, 0.5) is 0 Å². The standard InChI is InChI=1S/C19H17Cl2N5S2.CO2/c1-10(2)27-18-16(12-4-5-14(20)15(21)8-12)24-19(28-18)26-9-13(11(3)25-26)17-22-6-7-23-17;2-1-3/h4-10H,1-3H3,(H,22,23);. The van der Waals surface area contributed by atoms with Crippen LogP contribution in [-0.4, -0.2) is 36.1 Å². The molecule has 3 aromatic heterocycles. The average Bonchev–Trinajstić information content (AvgIpc) is 3.44. The highest BCUT2D eigenvalue weighted by Crippen LogP contribution is 2.41. The molecule has 0 aliphatic heterocycles. The van der Waals surface area contributed by atoms with Crippen molar-refractivity contribution in [1.82, 2.24) is 24.7 Å². The molecule has 0 saturated carbocycles. The zero-order chi connectivity index (χ0) is 22.5. The fraction of sp³-hybridized carbons (Fsp3) is 0.200. The molecule has 7 nitrogen and oxygen atoms in total. The number of imidazole rings is 1. The largest absolute Gasteiger partial charge is 0.373 e. The highest BCUT2D eigenvalue weighted by Gasteiger charge is 2.19. The second kappa shape index (κ2) is 10.3. The number of aromatic nitrogens is 5. The molecule has 1 aromatic carbocycles. The van der Waals surface area contributed by atoms with Crippen molar-refractivity contribution in [3.8, 4) is 27.8 Å². The first-order chi connectivity index (χ1) is 14.8. The van der Waals surface area contributed by atoms with E-state index in [-0.39, 0.29) is 6.15 Å². The Morgan fingerprint density at radius 2 is 1.97 bits per heavy atom. The van der Waals surface area contributed by atoms with Gasteiger partial charge in [0.1, 0.15) is 5.82 Å². The molecule has 0 saturated heterocycles. The van der Waals surface area contributed by atoms with Gasteiger partial charge in [0.15, 0.2) is 0 Å². The van der Waals surface area contributed by atoms with Crippen LogP contribution in [0.5, 0.6) is 0 Å². The number of nitrogens with one attached hydrogen (secondary N) is 1. The van der Waals surface area contributed by atoms with Crippen molar-refractivity contribution in [1.29, 1.82) is 0 Å². The average molecular weight is 494 g/mol. The van der Waals surface area contributed by atoms with Crippen LogP contribution in [0.3, 0.4) is 0 Å².